The zero-order valence-electron chi connectivity index (χ0n) is 9.53. The minimum absolute atomic E-state index is 0.719. The van der Waals surface area contributed by atoms with Gasteiger partial charge in [-0.25, -0.2) is 0 Å². The molecule has 0 amide bonds. The molecule has 90 valence electrons. The third kappa shape index (κ3) is 3.17. The summed E-state index contributed by atoms with van der Waals surface area (Å²) in [6.07, 6.45) is 0. The predicted octanol–water partition coefficient (Wildman–Crippen LogP) is 3.23. The van der Waals surface area contributed by atoms with Crippen LogP contribution in [0.25, 0.3) is 0 Å². The highest BCUT2D eigenvalue weighted by molar-refractivity contribution is 9.10. The number of aryl methyl sites for hydroxylation is 1. The molecular weight excluding hydrogens is 302 g/mol. The molecule has 1 aromatic carbocycles. The molecule has 2 aromatic rings. The average molecular weight is 314 g/mol. The van der Waals surface area contributed by atoms with E-state index >= 15 is 0 Å². The van der Waals surface area contributed by atoms with Gasteiger partial charge in [0.15, 0.2) is 0 Å². The summed E-state index contributed by atoms with van der Waals surface area (Å²) in [6, 6.07) is 5.98. The maximum Gasteiger partial charge on any atom is 0.205 e. The Kier molecular flexibility index (Phi) is 3.96. The Morgan fingerprint density at radius 1 is 1.41 bits per heavy atom. The Labute approximate surface area is 112 Å². The number of methoxy groups -OCH3 is 1. The molecule has 4 nitrogen and oxygen atoms in total. The van der Waals surface area contributed by atoms with Crippen LogP contribution in [0.15, 0.2) is 22.7 Å². The van der Waals surface area contributed by atoms with E-state index in [0.29, 0.717) is 0 Å². The van der Waals surface area contributed by atoms with Crippen LogP contribution >= 0.6 is 27.3 Å². The van der Waals surface area contributed by atoms with Gasteiger partial charge in [0.05, 0.1) is 11.6 Å². The molecule has 0 spiro atoms. The first-order chi connectivity index (χ1) is 8.19. The van der Waals surface area contributed by atoms with E-state index < -0.39 is 0 Å². The van der Waals surface area contributed by atoms with Crippen LogP contribution in [0.5, 0.6) is 5.75 Å². The van der Waals surface area contributed by atoms with Gasteiger partial charge in [0.25, 0.3) is 0 Å². The molecule has 0 aliphatic heterocycles. The van der Waals surface area contributed by atoms with E-state index in [4.69, 9.17) is 4.74 Å². The van der Waals surface area contributed by atoms with Gasteiger partial charge in [0.2, 0.25) is 5.13 Å². The topological polar surface area (TPSA) is 47.0 Å². The van der Waals surface area contributed by atoms with Gasteiger partial charge < -0.3 is 10.1 Å². The predicted molar refractivity (Wildman–Crippen MR) is 72.7 cm³/mol. The minimum atomic E-state index is 0.719. The lowest BCUT2D eigenvalue weighted by molar-refractivity contribution is 0.412. The lowest BCUT2D eigenvalue weighted by Crippen LogP contribution is -1.99. The van der Waals surface area contributed by atoms with Crippen LogP contribution in [0.1, 0.15) is 10.6 Å². The van der Waals surface area contributed by atoms with Gasteiger partial charge in [-0.3, -0.25) is 0 Å². The molecule has 0 radical (unpaired) electrons. The van der Waals surface area contributed by atoms with Crippen LogP contribution in [-0.4, -0.2) is 17.3 Å². The standard InChI is InChI=1S/C11H12BrN3OS/c1-7-14-15-11(17-7)13-6-8-3-4-10(16-2)9(12)5-8/h3-5H,6H2,1-2H3,(H,13,15). The molecule has 17 heavy (non-hydrogen) atoms. The van der Waals surface area contributed by atoms with Crippen LogP contribution in [0, 0.1) is 6.92 Å². The number of hydrogen-bond acceptors (Lipinski definition) is 5. The van der Waals surface area contributed by atoms with Crippen molar-refractivity contribution in [2.75, 3.05) is 12.4 Å². The average Bonchev–Trinajstić information content (AvgIpc) is 2.73. The Bertz CT molecular complexity index is 515. The van der Waals surface area contributed by atoms with Crippen LogP contribution in [-0.2, 0) is 6.54 Å². The molecule has 1 heterocycles. The van der Waals surface area contributed by atoms with Gasteiger partial charge in [-0.1, -0.05) is 17.4 Å². The fourth-order valence-corrected chi connectivity index (χ4v) is 2.54. The lowest BCUT2D eigenvalue weighted by atomic mass is 10.2. The van der Waals surface area contributed by atoms with Crippen molar-refractivity contribution in [2.24, 2.45) is 0 Å². The van der Waals surface area contributed by atoms with Gasteiger partial charge in [0, 0.05) is 6.54 Å². The Balaban J connectivity index is 2.02. The van der Waals surface area contributed by atoms with Crippen molar-refractivity contribution >= 4 is 32.4 Å². The maximum atomic E-state index is 5.18. The van der Waals surface area contributed by atoms with Gasteiger partial charge in [-0.15, -0.1) is 10.2 Å². The number of anilines is 1. The second-order valence-electron chi connectivity index (χ2n) is 3.45. The first kappa shape index (κ1) is 12.3. The van der Waals surface area contributed by atoms with E-state index in [2.05, 4.69) is 31.4 Å². The number of benzene rings is 1. The SMILES string of the molecule is COc1ccc(CNc2nnc(C)s2)cc1Br. The Morgan fingerprint density at radius 3 is 2.82 bits per heavy atom. The fraction of sp³-hybridized carbons (Fsp3) is 0.273. The van der Waals surface area contributed by atoms with E-state index in [1.54, 1.807) is 18.4 Å². The Morgan fingerprint density at radius 2 is 2.24 bits per heavy atom. The first-order valence-electron chi connectivity index (χ1n) is 5.05. The molecule has 6 heteroatoms. The van der Waals surface area contributed by atoms with Gasteiger partial charge in [-0.05, 0) is 40.5 Å². The number of nitrogens with zero attached hydrogens (tertiary/aromatic N) is 2. The molecule has 1 N–H and O–H groups in total. The molecule has 0 saturated carbocycles. The second kappa shape index (κ2) is 5.46. The van der Waals surface area contributed by atoms with Gasteiger partial charge in [-0.2, -0.15) is 0 Å². The van der Waals surface area contributed by atoms with Crippen LogP contribution in [0.4, 0.5) is 5.13 Å². The minimum Gasteiger partial charge on any atom is -0.496 e. The van der Waals surface area contributed by atoms with Crippen molar-refractivity contribution in [1.29, 1.82) is 0 Å². The summed E-state index contributed by atoms with van der Waals surface area (Å²) in [5, 5.41) is 13.0. The van der Waals surface area contributed by atoms with Crippen molar-refractivity contribution in [3.05, 3.63) is 33.2 Å². The molecule has 2 rings (SSSR count). The van der Waals surface area contributed by atoms with E-state index in [1.807, 2.05) is 25.1 Å². The van der Waals surface area contributed by atoms with E-state index in [1.165, 1.54) is 0 Å². The summed E-state index contributed by atoms with van der Waals surface area (Å²) in [7, 11) is 1.65. The van der Waals surface area contributed by atoms with Crippen molar-refractivity contribution in [1.82, 2.24) is 10.2 Å². The summed E-state index contributed by atoms with van der Waals surface area (Å²) >= 11 is 5.01. The summed E-state index contributed by atoms with van der Waals surface area (Å²) in [4.78, 5) is 0. The lowest BCUT2D eigenvalue weighted by Gasteiger charge is -2.06. The molecule has 0 saturated heterocycles. The highest BCUT2D eigenvalue weighted by Gasteiger charge is 2.03. The molecule has 0 bridgehead atoms. The number of ether oxygens (including phenoxy) is 1. The van der Waals surface area contributed by atoms with Crippen LogP contribution < -0.4 is 10.1 Å². The monoisotopic (exact) mass is 313 g/mol. The van der Waals surface area contributed by atoms with Crippen molar-refractivity contribution in [2.45, 2.75) is 13.5 Å². The molecule has 0 aliphatic carbocycles. The number of rotatable bonds is 4. The third-order valence-electron chi connectivity index (χ3n) is 2.19. The van der Waals surface area contributed by atoms with Gasteiger partial charge in [0.1, 0.15) is 10.8 Å². The third-order valence-corrected chi connectivity index (χ3v) is 3.60. The summed E-state index contributed by atoms with van der Waals surface area (Å²) in [5.41, 5.74) is 1.16. The highest BCUT2D eigenvalue weighted by atomic mass is 79.9. The maximum absolute atomic E-state index is 5.18. The Hall–Kier alpha value is -1.14. The number of nitrogens with one attached hydrogen (secondary N) is 1. The van der Waals surface area contributed by atoms with Crippen molar-refractivity contribution in [3.8, 4) is 5.75 Å². The summed E-state index contributed by atoms with van der Waals surface area (Å²) < 4.78 is 6.13. The molecule has 0 fully saturated rings. The van der Waals surface area contributed by atoms with Crippen molar-refractivity contribution in [3.63, 3.8) is 0 Å². The summed E-state index contributed by atoms with van der Waals surface area (Å²) in [5.74, 6) is 0.834. The normalized spacial score (nSPS) is 10.3. The molecule has 0 aliphatic rings. The summed E-state index contributed by atoms with van der Waals surface area (Å²) in [6.45, 7) is 2.66. The van der Waals surface area contributed by atoms with Gasteiger partial charge >= 0.3 is 0 Å². The zero-order valence-corrected chi connectivity index (χ0v) is 11.9. The smallest absolute Gasteiger partial charge is 0.205 e. The second-order valence-corrected chi connectivity index (χ2v) is 5.48. The van der Waals surface area contributed by atoms with E-state index in [-0.39, 0.29) is 0 Å². The van der Waals surface area contributed by atoms with E-state index in [9.17, 15) is 0 Å². The largest absolute Gasteiger partial charge is 0.496 e. The molecular formula is C11H12BrN3OS. The van der Waals surface area contributed by atoms with Crippen LogP contribution in [0.3, 0.4) is 0 Å². The number of halogens is 1. The van der Waals surface area contributed by atoms with Crippen molar-refractivity contribution < 1.29 is 4.74 Å². The van der Waals surface area contributed by atoms with Crippen LogP contribution in [0.2, 0.25) is 0 Å². The number of aromatic nitrogens is 2. The highest BCUT2D eigenvalue weighted by Crippen LogP contribution is 2.26. The molecule has 1 aromatic heterocycles. The van der Waals surface area contributed by atoms with E-state index in [0.717, 1.165) is 32.5 Å². The fourth-order valence-electron chi connectivity index (χ4n) is 1.37. The number of hydrogen-bond donors (Lipinski definition) is 1. The molecule has 0 unspecified atom stereocenters. The quantitative estimate of drug-likeness (QED) is 0.941. The zero-order chi connectivity index (χ0) is 12.3. The first-order valence-corrected chi connectivity index (χ1v) is 6.66. The molecule has 0 atom stereocenters.